The van der Waals surface area contributed by atoms with Gasteiger partial charge in [-0.1, -0.05) is 22.0 Å². The Morgan fingerprint density at radius 2 is 1.67 bits per heavy atom. The lowest BCUT2D eigenvalue weighted by atomic mass is 10.2. The van der Waals surface area contributed by atoms with Crippen molar-refractivity contribution in [2.75, 3.05) is 34.0 Å². The van der Waals surface area contributed by atoms with Gasteiger partial charge < -0.3 is 24.3 Å². The van der Waals surface area contributed by atoms with Crippen LogP contribution in [-0.4, -0.2) is 45.9 Å². The standard InChI is InChI=1S/C19H20BrNO6/c1-24-16-8-13(9-17(11-16)25-2)19(23)21-12-18(22)27-7-6-26-15-5-3-4-14(20)10-15/h3-5,8-11H,6-7,12H2,1-2H3,(H,21,23). The summed E-state index contributed by atoms with van der Waals surface area (Å²) >= 11 is 3.34. The van der Waals surface area contributed by atoms with Gasteiger partial charge in [0.05, 0.1) is 14.2 Å². The lowest BCUT2D eigenvalue weighted by Gasteiger charge is -2.10. The molecule has 2 rings (SSSR count). The summed E-state index contributed by atoms with van der Waals surface area (Å²) in [6.07, 6.45) is 0. The largest absolute Gasteiger partial charge is 0.497 e. The molecule has 1 N–H and O–H groups in total. The number of halogens is 1. The van der Waals surface area contributed by atoms with E-state index in [9.17, 15) is 9.59 Å². The predicted octanol–water partition coefficient (Wildman–Crippen LogP) is 2.82. The Labute approximate surface area is 165 Å². The molecule has 2 aromatic rings. The normalized spacial score (nSPS) is 10.0. The Morgan fingerprint density at radius 1 is 0.963 bits per heavy atom. The Hall–Kier alpha value is -2.74. The van der Waals surface area contributed by atoms with Crippen LogP contribution in [0.1, 0.15) is 10.4 Å². The minimum atomic E-state index is -0.559. The van der Waals surface area contributed by atoms with Crippen molar-refractivity contribution < 1.29 is 28.5 Å². The van der Waals surface area contributed by atoms with Gasteiger partial charge in [0.1, 0.15) is 37.0 Å². The van der Waals surface area contributed by atoms with Crippen molar-refractivity contribution in [2.45, 2.75) is 0 Å². The Bertz CT molecular complexity index is 773. The molecule has 0 atom stereocenters. The van der Waals surface area contributed by atoms with Gasteiger partial charge in [-0.2, -0.15) is 0 Å². The zero-order valence-electron chi connectivity index (χ0n) is 15.0. The molecule has 7 nitrogen and oxygen atoms in total. The smallest absolute Gasteiger partial charge is 0.325 e. The van der Waals surface area contributed by atoms with E-state index >= 15 is 0 Å². The SMILES string of the molecule is COc1cc(OC)cc(C(=O)NCC(=O)OCCOc2cccc(Br)c2)c1. The van der Waals surface area contributed by atoms with Crippen molar-refractivity contribution >= 4 is 27.8 Å². The van der Waals surface area contributed by atoms with Crippen LogP contribution in [0.15, 0.2) is 46.9 Å². The molecule has 8 heteroatoms. The van der Waals surface area contributed by atoms with Crippen molar-refractivity contribution in [1.82, 2.24) is 5.32 Å². The molecule has 0 unspecified atom stereocenters. The molecule has 144 valence electrons. The molecule has 1 amide bonds. The number of carbonyl (C=O) groups is 2. The van der Waals surface area contributed by atoms with E-state index < -0.39 is 11.9 Å². The molecule has 0 fully saturated rings. The van der Waals surface area contributed by atoms with E-state index in [4.69, 9.17) is 18.9 Å². The van der Waals surface area contributed by atoms with E-state index in [1.54, 1.807) is 24.3 Å². The molecule has 0 saturated carbocycles. The van der Waals surface area contributed by atoms with E-state index in [1.165, 1.54) is 14.2 Å². The van der Waals surface area contributed by atoms with Crippen LogP contribution >= 0.6 is 15.9 Å². The van der Waals surface area contributed by atoms with Crippen LogP contribution in [0.3, 0.4) is 0 Å². The molecule has 0 aromatic heterocycles. The van der Waals surface area contributed by atoms with Crippen LogP contribution in [0.25, 0.3) is 0 Å². The summed E-state index contributed by atoms with van der Waals surface area (Å²) < 4.78 is 21.6. The van der Waals surface area contributed by atoms with Crippen molar-refractivity contribution in [2.24, 2.45) is 0 Å². The van der Waals surface area contributed by atoms with Crippen molar-refractivity contribution in [3.63, 3.8) is 0 Å². The first kappa shape index (κ1) is 20.6. The van der Waals surface area contributed by atoms with Crippen LogP contribution in [0.2, 0.25) is 0 Å². The fourth-order valence-corrected chi connectivity index (χ4v) is 2.49. The van der Waals surface area contributed by atoms with Gasteiger partial charge in [-0.25, -0.2) is 0 Å². The summed E-state index contributed by atoms with van der Waals surface area (Å²) in [5.41, 5.74) is 0.317. The van der Waals surface area contributed by atoms with Crippen molar-refractivity contribution in [1.29, 1.82) is 0 Å². The van der Waals surface area contributed by atoms with Crippen LogP contribution in [-0.2, 0) is 9.53 Å². The maximum Gasteiger partial charge on any atom is 0.325 e. The molecule has 0 aliphatic carbocycles. The molecule has 0 heterocycles. The van der Waals surface area contributed by atoms with Gasteiger partial charge in [0.25, 0.3) is 5.91 Å². The predicted molar refractivity (Wildman–Crippen MR) is 102 cm³/mol. The molecule has 0 bridgehead atoms. The van der Waals surface area contributed by atoms with Crippen LogP contribution in [0.4, 0.5) is 0 Å². The van der Waals surface area contributed by atoms with Gasteiger partial charge in [0, 0.05) is 16.1 Å². The number of carbonyl (C=O) groups excluding carboxylic acids is 2. The number of methoxy groups -OCH3 is 2. The Balaban J connectivity index is 1.74. The topological polar surface area (TPSA) is 83.1 Å². The molecule has 0 aliphatic rings. The van der Waals surface area contributed by atoms with Gasteiger partial charge in [0.2, 0.25) is 0 Å². The third kappa shape index (κ3) is 6.82. The first-order chi connectivity index (χ1) is 13.0. The first-order valence-electron chi connectivity index (χ1n) is 8.07. The Kier molecular flexibility index (Phi) is 7.94. The molecular formula is C19H20BrNO6. The number of hydrogen-bond acceptors (Lipinski definition) is 6. The number of rotatable bonds is 9. The van der Waals surface area contributed by atoms with Gasteiger partial charge in [0.15, 0.2) is 0 Å². The maximum atomic E-state index is 12.2. The summed E-state index contributed by atoms with van der Waals surface area (Å²) in [5, 5.41) is 2.50. The van der Waals surface area contributed by atoms with Gasteiger partial charge in [-0.15, -0.1) is 0 Å². The number of nitrogens with one attached hydrogen (secondary N) is 1. The summed E-state index contributed by atoms with van der Waals surface area (Å²) in [5.74, 6) is 0.629. The van der Waals surface area contributed by atoms with Crippen molar-refractivity contribution in [3.8, 4) is 17.2 Å². The van der Waals surface area contributed by atoms with Gasteiger partial charge in [-0.05, 0) is 30.3 Å². The third-order valence-electron chi connectivity index (χ3n) is 3.42. The summed E-state index contributed by atoms with van der Waals surface area (Å²) in [4.78, 5) is 23.9. The van der Waals surface area contributed by atoms with E-state index in [0.717, 1.165) is 4.47 Å². The number of hydrogen-bond donors (Lipinski definition) is 1. The molecule has 27 heavy (non-hydrogen) atoms. The minimum absolute atomic E-state index is 0.0776. The zero-order chi connectivity index (χ0) is 19.6. The van der Waals surface area contributed by atoms with E-state index in [1.807, 2.05) is 18.2 Å². The van der Waals surface area contributed by atoms with Crippen LogP contribution in [0, 0.1) is 0 Å². The number of ether oxygens (including phenoxy) is 4. The average molecular weight is 438 g/mol. The number of esters is 1. The second-order valence-electron chi connectivity index (χ2n) is 5.31. The molecule has 0 spiro atoms. The average Bonchev–Trinajstić information content (AvgIpc) is 2.69. The lowest BCUT2D eigenvalue weighted by molar-refractivity contribution is -0.143. The second-order valence-corrected chi connectivity index (χ2v) is 6.23. The highest BCUT2D eigenvalue weighted by Gasteiger charge is 2.12. The quantitative estimate of drug-likeness (QED) is 0.479. The van der Waals surface area contributed by atoms with Gasteiger partial charge >= 0.3 is 5.97 Å². The highest BCUT2D eigenvalue weighted by Crippen LogP contribution is 2.22. The second kappa shape index (κ2) is 10.4. The highest BCUT2D eigenvalue weighted by molar-refractivity contribution is 9.10. The maximum absolute atomic E-state index is 12.2. The summed E-state index contributed by atoms with van der Waals surface area (Å²) in [6.45, 7) is 0.0344. The Morgan fingerprint density at radius 3 is 2.30 bits per heavy atom. The summed E-state index contributed by atoms with van der Waals surface area (Å²) in [7, 11) is 2.98. The molecule has 0 saturated heterocycles. The molecule has 0 radical (unpaired) electrons. The van der Waals surface area contributed by atoms with Crippen LogP contribution < -0.4 is 19.5 Å². The number of benzene rings is 2. The minimum Gasteiger partial charge on any atom is -0.497 e. The number of amides is 1. The fraction of sp³-hybridized carbons (Fsp3) is 0.263. The highest BCUT2D eigenvalue weighted by atomic mass is 79.9. The van der Waals surface area contributed by atoms with E-state index in [0.29, 0.717) is 22.8 Å². The fourth-order valence-electron chi connectivity index (χ4n) is 2.12. The third-order valence-corrected chi connectivity index (χ3v) is 3.91. The van der Waals surface area contributed by atoms with Crippen molar-refractivity contribution in [3.05, 3.63) is 52.5 Å². The molecular weight excluding hydrogens is 418 g/mol. The lowest BCUT2D eigenvalue weighted by Crippen LogP contribution is -2.31. The first-order valence-corrected chi connectivity index (χ1v) is 8.86. The van der Waals surface area contributed by atoms with E-state index in [2.05, 4.69) is 21.2 Å². The van der Waals surface area contributed by atoms with E-state index in [-0.39, 0.29) is 19.8 Å². The summed E-state index contributed by atoms with van der Waals surface area (Å²) in [6, 6.07) is 12.1. The van der Waals surface area contributed by atoms with Crippen LogP contribution in [0.5, 0.6) is 17.2 Å². The molecule has 2 aromatic carbocycles. The molecule has 0 aliphatic heterocycles. The van der Waals surface area contributed by atoms with Gasteiger partial charge in [-0.3, -0.25) is 9.59 Å². The zero-order valence-corrected chi connectivity index (χ0v) is 16.6. The monoisotopic (exact) mass is 437 g/mol.